The molecule has 1 unspecified atom stereocenters. The fraction of sp³-hybridized carbons (Fsp3) is 0.412. The number of aryl methyl sites for hydroxylation is 1. The number of nitrogens with one attached hydrogen (secondary N) is 1. The van der Waals surface area contributed by atoms with E-state index >= 15 is 0 Å². The van der Waals surface area contributed by atoms with Crippen molar-refractivity contribution in [3.63, 3.8) is 0 Å². The van der Waals surface area contributed by atoms with E-state index in [0.717, 1.165) is 17.7 Å². The Kier molecular flexibility index (Phi) is 4.31. The molecule has 0 bridgehead atoms. The first-order chi connectivity index (χ1) is 11.3. The molecule has 2 aromatic rings. The lowest BCUT2D eigenvalue weighted by atomic mass is 9.94. The molecule has 130 valence electrons. The molecule has 1 aromatic heterocycles. The van der Waals surface area contributed by atoms with Crippen molar-refractivity contribution in [1.82, 2.24) is 5.32 Å². The molecule has 0 amide bonds. The molecule has 1 aliphatic rings. The van der Waals surface area contributed by atoms with Gasteiger partial charge in [0.05, 0.1) is 18.2 Å². The van der Waals surface area contributed by atoms with Gasteiger partial charge in [0.15, 0.2) is 0 Å². The molecule has 3 rings (SSSR count). The molecule has 1 saturated heterocycles. The summed E-state index contributed by atoms with van der Waals surface area (Å²) in [6, 6.07) is 4.99. The number of rotatable bonds is 4. The summed E-state index contributed by atoms with van der Waals surface area (Å²) < 4.78 is 49.4. The van der Waals surface area contributed by atoms with Crippen LogP contribution in [0.15, 0.2) is 28.7 Å². The van der Waals surface area contributed by atoms with Gasteiger partial charge in [-0.15, -0.1) is 0 Å². The van der Waals surface area contributed by atoms with E-state index < -0.39 is 17.8 Å². The van der Waals surface area contributed by atoms with Crippen LogP contribution in [0.5, 0.6) is 5.75 Å². The molecule has 0 saturated carbocycles. The van der Waals surface area contributed by atoms with E-state index in [1.165, 1.54) is 13.2 Å². The van der Waals surface area contributed by atoms with Crippen molar-refractivity contribution in [1.29, 1.82) is 0 Å². The Morgan fingerprint density at radius 2 is 2.00 bits per heavy atom. The maximum atomic E-state index is 12.8. The van der Waals surface area contributed by atoms with Gasteiger partial charge in [-0.2, -0.15) is 13.2 Å². The van der Waals surface area contributed by atoms with E-state index in [-0.39, 0.29) is 11.7 Å². The van der Waals surface area contributed by atoms with Crippen molar-refractivity contribution in [3.8, 4) is 17.1 Å². The molecule has 24 heavy (non-hydrogen) atoms. The molecule has 1 aliphatic heterocycles. The Morgan fingerprint density at radius 3 is 2.54 bits per heavy atom. The number of methoxy groups -OCH3 is 1. The molecule has 0 aliphatic carbocycles. The lowest BCUT2D eigenvalue weighted by molar-refractivity contribution is -0.137. The van der Waals surface area contributed by atoms with Crippen LogP contribution < -0.4 is 10.1 Å². The average molecular weight is 341 g/mol. The first kappa shape index (κ1) is 16.9. The maximum Gasteiger partial charge on any atom is 0.416 e. The average Bonchev–Trinajstić information content (AvgIpc) is 2.85. The van der Waals surface area contributed by atoms with Crippen molar-refractivity contribution < 1.29 is 27.4 Å². The van der Waals surface area contributed by atoms with Gasteiger partial charge >= 0.3 is 6.18 Å². The molecule has 2 heterocycles. The Morgan fingerprint density at radius 1 is 1.29 bits per heavy atom. The SMILES string of the molecule is COc1cc(C(F)(F)F)ccc1-c1oc(C(O)C2CNC2)cc1C. The monoisotopic (exact) mass is 341 g/mol. The van der Waals surface area contributed by atoms with Crippen LogP contribution in [-0.2, 0) is 6.18 Å². The van der Waals surface area contributed by atoms with Crippen LogP contribution in [0.3, 0.4) is 0 Å². The third kappa shape index (κ3) is 3.01. The van der Waals surface area contributed by atoms with E-state index in [4.69, 9.17) is 9.15 Å². The molecule has 0 spiro atoms. The van der Waals surface area contributed by atoms with Crippen molar-refractivity contribution in [3.05, 3.63) is 41.2 Å². The predicted molar refractivity (Wildman–Crippen MR) is 81.8 cm³/mol. The van der Waals surface area contributed by atoms with Crippen molar-refractivity contribution >= 4 is 0 Å². The van der Waals surface area contributed by atoms with Gasteiger partial charge in [0.1, 0.15) is 23.4 Å². The van der Waals surface area contributed by atoms with Crippen LogP contribution in [0.2, 0.25) is 0 Å². The predicted octanol–water partition coefficient (Wildman–Crippen LogP) is 3.54. The van der Waals surface area contributed by atoms with Gasteiger partial charge in [0, 0.05) is 19.0 Å². The van der Waals surface area contributed by atoms with Gasteiger partial charge < -0.3 is 19.6 Å². The summed E-state index contributed by atoms with van der Waals surface area (Å²) in [6.45, 7) is 3.20. The largest absolute Gasteiger partial charge is 0.496 e. The highest BCUT2D eigenvalue weighted by Crippen LogP contribution is 2.40. The number of aliphatic hydroxyl groups excluding tert-OH is 1. The number of hydrogen-bond acceptors (Lipinski definition) is 4. The Labute approximate surface area is 137 Å². The highest BCUT2D eigenvalue weighted by molar-refractivity contribution is 5.69. The minimum absolute atomic E-state index is 0.0774. The topological polar surface area (TPSA) is 54.6 Å². The Hall–Kier alpha value is -1.99. The summed E-state index contributed by atoms with van der Waals surface area (Å²) in [5, 5.41) is 13.4. The highest BCUT2D eigenvalue weighted by atomic mass is 19.4. The molecular weight excluding hydrogens is 323 g/mol. The number of alkyl halides is 3. The lowest BCUT2D eigenvalue weighted by Crippen LogP contribution is -2.45. The number of benzene rings is 1. The van der Waals surface area contributed by atoms with Crippen LogP contribution in [0.1, 0.15) is 23.0 Å². The summed E-state index contributed by atoms with van der Waals surface area (Å²) in [6.07, 6.45) is -5.18. The Bertz CT molecular complexity index is 735. The summed E-state index contributed by atoms with van der Waals surface area (Å²) in [5.74, 6) is 0.976. The molecular formula is C17H18F3NO3. The quantitative estimate of drug-likeness (QED) is 0.893. The zero-order valence-corrected chi connectivity index (χ0v) is 13.3. The smallest absolute Gasteiger partial charge is 0.416 e. The number of aliphatic hydroxyl groups is 1. The van der Waals surface area contributed by atoms with E-state index in [2.05, 4.69) is 5.32 Å². The standard InChI is InChI=1S/C17H18F3NO3/c1-9-5-14(15(22)10-7-21-8-10)24-16(9)12-4-3-11(17(18,19)20)6-13(12)23-2/h3-6,10,15,21-22H,7-8H2,1-2H3. The summed E-state index contributed by atoms with van der Waals surface area (Å²) in [5.41, 5.74) is 0.371. The molecule has 4 nitrogen and oxygen atoms in total. The minimum Gasteiger partial charge on any atom is -0.496 e. The first-order valence-corrected chi connectivity index (χ1v) is 7.56. The van der Waals surface area contributed by atoms with Crippen molar-refractivity contribution in [2.24, 2.45) is 5.92 Å². The van der Waals surface area contributed by atoms with Gasteiger partial charge in [-0.3, -0.25) is 0 Å². The van der Waals surface area contributed by atoms with E-state index in [1.54, 1.807) is 13.0 Å². The van der Waals surface area contributed by atoms with Gasteiger partial charge in [0.2, 0.25) is 0 Å². The second-order valence-electron chi connectivity index (χ2n) is 5.94. The van der Waals surface area contributed by atoms with Crippen LogP contribution in [0, 0.1) is 12.8 Å². The summed E-state index contributed by atoms with van der Waals surface area (Å²) in [7, 11) is 1.31. The van der Waals surface area contributed by atoms with Gasteiger partial charge in [-0.1, -0.05) is 0 Å². The number of hydrogen-bond donors (Lipinski definition) is 2. The van der Waals surface area contributed by atoms with Crippen LogP contribution >= 0.6 is 0 Å². The van der Waals surface area contributed by atoms with E-state index in [9.17, 15) is 18.3 Å². The fourth-order valence-corrected chi connectivity index (χ4v) is 2.74. The summed E-state index contributed by atoms with van der Waals surface area (Å²) >= 11 is 0. The Balaban J connectivity index is 1.98. The van der Waals surface area contributed by atoms with Gasteiger partial charge in [-0.05, 0) is 36.8 Å². The van der Waals surface area contributed by atoms with Gasteiger partial charge in [-0.25, -0.2) is 0 Å². The molecule has 7 heteroatoms. The van der Waals surface area contributed by atoms with Gasteiger partial charge in [0.25, 0.3) is 0 Å². The number of furan rings is 1. The third-order valence-corrected chi connectivity index (χ3v) is 4.26. The number of halogens is 3. The summed E-state index contributed by atoms with van der Waals surface area (Å²) in [4.78, 5) is 0. The van der Waals surface area contributed by atoms with Crippen molar-refractivity contribution in [2.75, 3.05) is 20.2 Å². The second-order valence-corrected chi connectivity index (χ2v) is 5.94. The zero-order chi connectivity index (χ0) is 17.5. The van der Waals surface area contributed by atoms with Crippen LogP contribution in [-0.4, -0.2) is 25.3 Å². The third-order valence-electron chi connectivity index (χ3n) is 4.26. The minimum atomic E-state index is -4.44. The normalized spacial score (nSPS) is 16.8. The van der Waals surface area contributed by atoms with Crippen molar-refractivity contribution in [2.45, 2.75) is 19.2 Å². The molecule has 2 N–H and O–H groups in total. The fourth-order valence-electron chi connectivity index (χ4n) is 2.74. The first-order valence-electron chi connectivity index (χ1n) is 7.56. The molecule has 0 radical (unpaired) electrons. The maximum absolute atomic E-state index is 12.8. The zero-order valence-electron chi connectivity index (χ0n) is 13.3. The van der Waals surface area contributed by atoms with E-state index in [1.807, 2.05) is 0 Å². The highest BCUT2D eigenvalue weighted by Gasteiger charge is 2.33. The number of ether oxygens (including phenoxy) is 1. The second kappa shape index (κ2) is 6.14. The van der Waals surface area contributed by atoms with E-state index in [0.29, 0.717) is 30.2 Å². The van der Waals surface area contributed by atoms with Crippen LogP contribution in [0.4, 0.5) is 13.2 Å². The van der Waals surface area contributed by atoms with Crippen LogP contribution in [0.25, 0.3) is 11.3 Å². The molecule has 1 fully saturated rings. The molecule has 1 atom stereocenters. The molecule has 1 aromatic carbocycles. The lowest BCUT2D eigenvalue weighted by Gasteiger charge is -2.30.